The van der Waals surface area contributed by atoms with Crippen LogP contribution in [-0.2, 0) is 9.59 Å². The molecule has 0 aliphatic carbocycles. The molecule has 0 heterocycles. The van der Waals surface area contributed by atoms with Gasteiger partial charge in [-0.05, 0) is 38.1 Å². The zero-order valence-electron chi connectivity index (χ0n) is 14.8. The van der Waals surface area contributed by atoms with Gasteiger partial charge >= 0.3 is 0 Å². The van der Waals surface area contributed by atoms with Gasteiger partial charge in [-0.2, -0.15) is 0 Å². The lowest BCUT2D eigenvalue weighted by Gasteiger charge is -2.23. The van der Waals surface area contributed by atoms with Gasteiger partial charge in [0.05, 0.1) is 19.9 Å². The molecule has 6 nitrogen and oxygen atoms in total. The van der Waals surface area contributed by atoms with Gasteiger partial charge in [0.1, 0.15) is 16.9 Å². The van der Waals surface area contributed by atoms with Gasteiger partial charge in [-0.15, -0.1) is 0 Å². The van der Waals surface area contributed by atoms with Crippen LogP contribution in [0.4, 0.5) is 11.4 Å². The Labute approximate surface area is 147 Å². The zero-order chi connectivity index (χ0) is 18.4. The van der Waals surface area contributed by atoms with Crippen LogP contribution in [0.1, 0.15) is 13.8 Å². The first-order chi connectivity index (χ1) is 11.9. The predicted molar refractivity (Wildman–Crippen MR) is 97.0 cm³/mol. The third-order valence-electron chi connectivity index (χ3n) is 3.82. The van der Waals surface area contributed by atoms with Gasteiger partial charge in [0.25, 0.3) is 0 Å². The number of carbonyl (C=O) groups excluding carboxylic acids is 2. The fourth-order valence-corrected chi connectivity index (χ4v) is 2.09. The second kappa shape index (κ2) is 7.70. The molecule has 0 radical (unpaired) electrons. The summed E-state index contributed by atoms with van der Waals surface area (Å²) in [7, 11) is 3.04. The van der Waals surface area contributed by atoms with Crippen molar-refractivity contribution in [3.63, 3.8) is 0 Å². The van der Waals surface area contributed by atoms with Gasteiger partial charge in [-0.1, -0.05) is 18.2 Å². The Morgan fingerprint density at radius 2 is 1.52 bits per heavy atom. The fourth-order valence-electron chi connectivity index (χ4n) is 2.09. The number of benzene rings is 2. The van der Waals surface area contributed by atoms with Gasteiger partial charge in [0.2, 0.25) is 11.8 Å². The molecule has 0 unspecified atom stereocenters. The van der Waals surface area contributed by atoms with Crippen LogP contribution in [0.2, 0.25) is 0 Å². The van der Waals surface area contributed by atoms with Crippen molar-refractivity contribution in [2.75, 3.05) is 24.9 Å². The molecule has 0 atom stereocenters. The Kier molecular flexibility index (Phi) is 5.64. The standard InChI is InChI=1S/C19H22N2O4/c1-19(2,17(22)20-13-8-6-5-7-9-13)18(23)21-15-11-10-14(24-3)12-16(15)25-4/h5-12H,1-4H3,(H,20,22)(H,21,23). The first kappa shape index (κ1) is 18.3. The Bertz CT molecular complexity index is 757. The molecule has 0 saturated heterocycles. The number of nitrogens with one attached hydrogen (secondary N) is 2. The molecule has 0 aliphatic rings. The first-order valence-electron chi connectivity index (χ1n) is 7.78. The molecule has 2 N–H and O–H groups in total. The highest BCUT2D eigenvalue weighted by molar-refractivity contribution is 6.14. The van der Waals surface area contributed by atoms with Gasteiger partial charge in [0, 0.05) is 11.8 Å². The topological polar surface area (TPSA) is 76.7 Å². The maximum absolute atomic E-state index is 12.6. The van der Waals surface area contributed by atoms with Crippen molar-refractivity contribution in [3.05, 3.63) is 48.5 Å². The number of carbonyl (C=O) groups is 2. The Hall–Kier alpha value is -3.02. The summed E-state index contributed by atoms with van der Waals surface area (Å²) in [5.41, 5.74) is -0.176. The van der Waals surface area contributed by atoms with Crippen molar-refractivity contribution in [1.29, 1.82) is 0 Å². The van der Waals surface area contributed by atoms with Crippen LogP contribution in [-0.4, -0.2) is 26.0 Å². The van der Waals surface area contributed by atoms with Crippen molar-refractivity contribution in [2.24, 2.45) is 5.41 Å². The molecule has 6 heteroatoms. The molecule has 0 saturated carbocycles. The molecular weight excluding hydrogens is 320 g/mol. The molecular formula is C19H22N2O4. The van der Waals surface area contributed by atoms with Gasteiger partial charge < -0.3 is 20.1 Å². The van der Waals surface area contributed by atoms with E-state index in [2.05, 4.69) is 10.6 Å². The van der Waals surface area contributed by atoms with E-state index in [9.17, 15) is 9.59 Å². The minimum atomic E-state index is -1.28. The quantitative estimate of drug-likeness (QED) is 0.790. The molecule has 0 fully saturated rings. The van der Waals surface area contributed by atoms with Crippen LogP contribution in [0.3, 0.4) is 0 Å². The van der Waals surface area contributed by atoms with E-state index in [0.29, 0.717) is 22.9 Å². The summed E-state index contributed by atoms with van der Waals surface area (Å²) in [4.78, 5) is 25.1. The van der Waals surface area contributed by atoms with E-state index >= 15 is 0 Å². The third kappa shape index (κ3) is 4.29. The molecule has 0 spiro atoms. The van der Waals surface area contributed by atoms with E-state index < -0.39 is 17.2 Å². The second-order valence-corrected chi connectivity index (χ2v) is 5.97. The van der Waals surface area contributed by atoms with E-state index in [4.69, 9.17) is 9.47 Å². The number of hydrogen-bond acceptors (Lipinski definition) is 4. The Balaban J connectivity index is 2.14. The number of ether oxygens (including phenoxy) is 2. The SMILES string of the molecule is COc1ccc(NC(=O)C(C)(C)C(=O)Nc2ccccc2)c(OC)c1. The molecule has 132 valence electrons. The van der Waals surface area contributed by atoms with Crippen LogP contribution >= 0.6 is 0 Å². The highest BCUT2D eigenvalue weighted by atomic mass is 16.5. The molecule has 2 amide bonds. The highest BCUT2D eigenvalue weighted by Crippen LogP contribution is 2.31. The molecule has 2 aromatic carbocycles. The van der Waals surface area contributed by atoms with Crippen LogP contribution in [0.5, 0.6) is 11.5 Å². The summed E-state index contributed by atoms with van der Waals surface area (Å²) in [5, 5.41) is 5.48. The fraction of sp³-hybridized carbons (Fsp3) is 0.263. The summed E-state index contributed by atoms with van der Waals surface area (Å²) in [5.74, 6) is 0.218. The van der Waals surface area contributed by atoms with Gasteiger partial charge in [0.15, 0.2) is 0 Å². The zero-order valence-corrected chi connectivity index (χ0v) is 14.8. The lowest BCUT2D eigenvalue weighted by Crippen LogP contribution is -2.41. The second-order valence-electron chi connectivity index (χ2n) is 5.97. The maximum atomic E-state index is 12.6. The number of methoxy groups -OCH3 is 2. The summed E-state index contributed by atoms with van der Waals surface area (Å²) < 4.78 is 10.4. The highest BCUT2D eigenvalue weighted by Gasteiger charge is 2.36. The maximum Gasteiger partial charge on any atom is 0.239 e. The smallest absolute Gasteiger partial charge is 0.239 e. The van der Waals surface area contributed by atoms with E-state index in [1.165, 1.54) is 7.11 Å². The van der Waals surface area contributed by atoms with Gasteiger partial charge in [-0.25, -0.2) is 0 Å². The average Bonchev–Trinajstić information content (AvgIpc) is 2.62. The van der Waals surface area contributed by atoms with E-state index in [1.54, 1.807) is 51.3 Å². The Morgan fingerprint density at radius 1 is 0.880 bits per heavy atom. The number of hydrogen-bond donors (Lipinski definition) is 2. The number of rotatable bonds is 6. The molecule has 0 aliphatic heterocycles. The van der Waals surface area contributed by atoms with E-state index in [-0.39, 0.29) is 0 Å². The first-order valence-corrected chi connectivity index (χ1v) is 7.78. The van der Waals surface area contributed by atoms with Crippen LogP contribution in [0, 0.1) is 5.41 Å². The van der Waals surface area contributed by atoms with Gasteiger partial charge in [-0.3, -0.25) is 9.59 Å². The lowest BCUT2D eigenvalue weighted by atomic mass is 9.90. The lowest BCUT2D eigenvalue weighted by molar-refractivity contribution is -0.135. The van der Waals surface area contributed by atoms with Crippen LogP contribution in [0.15, 0.2) is 48.5 Å². The Morgan fingerprint density at radius 3 is 2.12 bits per heavy atom. The number of amides is 2. The van der Waals surface area contributed by atoms with Crippen molar-refractivity contribution in [1.82, 2.24) is 0 Å². The largest absolute Gasteiger partial charge is 0.497 e. The van der Waals surface area contributed by atoms with Crippen molar-refractivity contribution < 1.29 is 19.1 Å². The predicted octanol–water partition coefficient (Wildman–Crippen LogP) is 3.31. The number of para-hydroxylation sites is 1. The molecule has 25 heavy (non-hydrogen) atoms. The summed E-state index contributed by atoms with van der Waals surface area (Å²) in [6.45, 7) is 3.13. The van der Waals surface area contributed by atoms with Crippen LogP contribution in [0.25, 0.3) is 0 Å². The van der Waals surface area contributed by atoms with Crippen molar-refractivity contribution in [2.45, 2.75) is 13.8 Å². The molecule has 2 rings (SSSR count). The van der Waals surface area contributed by atoms with Crippen LogP contribution < -0.4 is 20.1 Å². The summed E-state index contributed by atoms with van der Waals surface area (Å²) in [6.07, 6.45) is 0. The molecule has 2 aromatic rings. The normalized spacial score (nSPS) is 10.7. The number of anilines is 2. The van der Waals surface area contributed by atoms with E-state index in [0.717, 1.165) is 0 Å². The average molecular weight is 342 g/mol. The third-order valence-corrected chi connectivity index (χ3v) is 3.82. The van der Waals surface area contributed by atoms with Crippen molar-refractivity contribution in [3.8, 4) is 11.5 Å². The molecule has 0 aromatic heterocycles. The molecule has 0 bridgehead atoms. The minimum Gasteiger partial charge on any atom is -0.497 e. The monoisotopic (exact) mass is 342 g/mol. The minimum absolute atomic E-state index is 0.399. The summed E-state index contributed by atoms with van der Waals surface area (Å²) >= 11 is 0. The van der Waals surface area contributed by atoms with E-state index in [1.807, 2.05) is 18.2 Å². The summed E-state index contributed by atoms with van der Waals surface area (Å²) in [6, 6.07) is 14.0. The van der Waals surface area contributed by atoms with Crippen molar-refractivity contribution >= 4 is 23.2 Å².